The summed E-state index contributed by atoms with van der Waals surface area (Å²) in [5.74, 6) is -4.00. The number of aromatic hydroxyl groups is 1. The van der Waals surface area contributed by atoms with Gasteiger partial charge in [-0.15, -0.1) is 6.58 Å². The van der Waals surface area contributed by atoms with Crippen LogP contribution in [0.25, 0.3) is 0 Å². The zero-order chi connectivity index (χ0) is 22.6. The van der Waals surface area contributed by atoms with Gasteiger partial charge in [-0.2, -0.15) is 4.39 Å². The van der Waals surface area contributed by atoms with Crippen molar-refractivity contribution in [3.05, 3.63) is 78.4 Å². The average molecular weight is 412 g/mol. The molecular formula is C23H31F3O3. The first kappa shape index (κ1) is 26.5. The fraction of sp³-hybridized carbons (Fsp3) is 0.391. The Balaban J connectivity index is 0.00000245. The quantitative estimate of drug-likeness (QED) is 0.258. The van der Waals surface area contributed by atoms with E-state index in [2.05, 4.69) is 24.5 Å². The van der Waals surface area contributed by atoms with Crippen molar-refractivity contribution in [1.29, 1.82) is 0 Å². The average Bonchev–Trinajstić information content (AvgIpc) is 2.71. The van der Waals surface area contributed by atoms with E-state index >= 15 is 0 Å². The van der Waals surface area contributed by atoms with Crippen molar-refractivity contribution in [3.8, 4) is 5.75 Å². The summed E-state index contributed by atoms with van der Waals surface area (Å²) in [5, 5.41) is 9.15. The molecule has 0 fully saturated rings. The molecule has 0 bridgehead atoms. The number of hydrogen-bond donors (Lipinski definition) is 1. The molecule has 0 aliphatic carbocycles. The van der Waals surface area contributed by atoms with E-state index in [-0.39, 0.29) is 30.0 Å². The van der Waals surface area contributed by atoms with Crippen LogP contribution in [0, 0.1) is 11.7 Å². The van der Waals surface area contributed by atoms with Gasteiger partial charge in [-0.25, -0.2) is 8.78 Å². The highest BCUT2D eigenvalue weighted by molar-refractivity contribution is 5.33. The third-order valence-corrected chi connectivity index (χ3v) is 4.11. The molecule has 0 amide bonds. The summed E-state index contributed by atoms with van der Waals surface area (Å²) in [5.41, 5.74) is 0.632. The van der Waals surface area contributed by atoms with Crippen LogP contribution in [0.3, 0.4) is 0 Å². The summed E-state index contributed by atoms with van der Waals surface area (Å²) >= 11 is 0. The SMILES string of the molecule is C=C(OC)/C(F)=C(/F)C(=C)C(C)CCC(C)OCc1ccc(O)c(F)c1.C=CC. The van der Waals surface area contributed by atoms with Gasteiger partial charge in [0.2, 0.25) is 0 Å². The second-order valence-corrected chi connectivity index (χ2v) is 6.57. The molecule has 0 aromatic heterocycles. The van der Waals surface area contributed by atoms with Gasteiger partial charge in [0.15, 0.2) is 23.2 Å². The van der Waals surface area contributed by atoms with Gasteiger partial charge < -0.3 is 14.6 Å². The van der Waals surface area contributed by atoms with Crippen molar-refractivity contribution in [1.82, 2.24) is 0 Å². The highest BCUT2D eigenvalue weighted by Crippen LogP contribution is 2.29. The standard InChI is InChI=1S/C20H25F3O3.C3H6/c1-12(14(3)19(22)20(23)15(4)25-5)6-7-13(2)26-11-16-8-9-18(24)17(21)10-16;1-3-2/h8-10,12-13,24H,3-4,6-7,11H2,1-2,5H3;3H,1H2,2H3/b20-19-;. The van der Waals surface area contributed by atoms with Crippen molar-refractivity contribution < 1.29 is 27.8 Å². The Labute approximate surface area is 171 Å². The number of benzene rings is 1. The molecule has 0 radical (unpaired) electrons. The van der Waals surface area contributed by atoms with Crippen LogP contribution in [-0.2, 0) is 16.1 Å². The summed E-state index contributed by atoms with van der Waals surface area (Å²) < 4.78 is 51.2. The highest BCUT2D eigenvalue weighted by Gasteiger charge is 2.19. The summed E-state index contributed by atoms with van der Waals surface area (Å²) in [6.07, 6.45) is 2.69. The monoisotopic (exact) mass is 412 g/mol. The van der Waals surface area contributed by atoms with Gasteiger partial charge in [-0.3, -0.25) is 0 Å². The zero-order valence-corrected chi connectivity index (χ0v) is 17.6. The summed E-state index contributed by atoms with van der Waals surface area (Å²) in [6.45, 7) is 15.9. The third kappa shape index (κ3) is 9.52. The van der Waals surface area contributed by atoms with Crippen molar-refractivity contribution in [2.45, 2.75) is 46.3 Å². The molecule has 0 aliphatic heterocycles. The Bertz CT molecular complexity index is 726. The lowest BCUT2D eigenvalue weighted by Gasteiger charge is -2.18. The fourth-order valence-electron chi connectivity index (χ4n) is 2.19. The smallest absolute Gasteiger partial charge is 0.200 e. The lowest BCUT2D eigenvalue weighted by molar-refractivity contribution is 0.0444. The molecule has 0 heterocycles. The van der Waals surface area contributed by atoms with E-state index < -0.39 is 23.2 Å². The minimum Gasteiger partial charge on any atom is -0.505 e. The van der Waals surface area contributed by atoms with Crippen LogP contribution in [-0.4, -0.2) is 18.3 Å². The maximum atomic E-state index is 14.0. The van der Waals surface area contributed by atoms with Crippen LogP contribution in [0.4, 0.5) is 13.2 Å². The molecule has 1 aromatic carbocycles. The molecule has 2 atom stereocenters. The number of rotatable bonds is 10. The first-order chi connectivity index (χ1) is 13.6. The largest absolute Gasteiger partial charge is 0.505 e. The maximum Gasteiger partial charge on any atom is 0.200 e. The van der Waals surface area contributed by atoms with Crippen LogP contribution in [0.5, 0.6) is 5.75 Å². The first-order valence-electron chi connectivity index (χ1n) is 9.22. The lowest BCUT2D eigenvalue weighted by atomic mass is 9.94. The molecule has 162 valence electrons. The summed E-state index contributed by atoms with van der Waals surface area (Å²) in [4.78, 5) is 0. The molecule has 6 heteroatoms. The molecule has 2 unspecified atom stereocenters. The molecule has 0 saturated carbocycles. The second kappa shape index (κ2) is 13.7. The summed E-state index contributed by atoms with van der Waals surface area (Å²) in [7, 11) is 1.21. The Morgan fingerprint density at radius 3 is 2.28 bits per heavy atom. The number of phenols is 1. The number of phenolic OH excluding ortho intramolecular Hbond substituents is 1. The number of ether oxygens (including phenoxy) is 2. The van der Waals surface area contributed by atoms with Gasteiger partial charge in [0.25, 0.3) is 0 Å². The molecule has 3 nitrogen and oxygen atoms in total. The number of methoxy groups -OCH3 is 1. The minimum atomic E-state index is -1.15. The number of allylic oxidation sites excluding steroid dienone is 4. The molecule has 29 heavy (non-hydrogen) atoms. The number of halogens is 3. The first-order valence-corrected chi connectivity index (χ1v) is 9.22. The molecule has 0 aliphatic rings. The number of hydrogen-bond acceptors (Lipinski definition) is 3. The van der Waals surface area contributed by atoms with Gasteiger partial charge >= 0.3 is 0 Å². The summed E-state index contributed by atoms with van der Waals surface area (Å²) in [6, 6.07) is 4.04. The molecule has 0 spiro atoms. The Hall–Kier alpha value is -2.47. The van der Waals surface area contributed by atoms with E-state index in [1.807, 2.05) is 13.8 Å². The second-order valence-electron chi connectivity index (χ2n) is 6.57. The lowest BCUT2D eigenvalue weighted by Crippen LogP contribution is -2.11. The minimum absolute atomic E-state index is 0.0357. The van der Waals surface area contributed by atoms with Crippen molar-refractivity contribution in [2.24, 2.45) is 5.92 Å². The van der Waals surface area contributed by atoms with Gasteiger partial charge in [0.05, 0.1) is 19.8 Å². The van der Waals surface area contributed by atoms with E-state index in [1.54, 1.807) is 19.1 Å². The third-order valence-electron chi connectivity index (χ3n) is 4.11. The molecule has 0 saturated heterocycles. The van der Waals surface area contributed by atoms with E-state index in [4.69, 9.17) is 9.84 Å². The van der Waals surface area contributed by atoms with Gasteiger partial charge in [-0.1, -0.05) is 32.2 Å². The van der Waals surface area contributed by atoms with E-state index in [0.29, 0.717) is 18.4 Å². The molecule has 1 aromatic rings. The van der Waals surface area contributed by atoms with Crippen LogP contribution in [0.15, 0.2) is 67.0 Å². The van der Waals surface area contributed by atoms with Gasteiger partial charge in [0.1, 0.15) is 5.76 Å². The molecule has 1 rings (SSSR count). The Morgan fingerprint density at radius 2 is 1.76 bits per heavy atom. The fourth-order valence-corrected chi connectivity index (χ4v) is 2.19. The van der Waals surface area contributed by atoms with E-state index in [0.717, 1.165) is 0 Å². The van der Waals surface area contributed by atoms with Gasteiger partial charge in [-0.05, 0) is 55.9 Å². The van der Waals surface area contributed by atoms with Gasteiger partial charge in [0, 0.05) is 0 Å². The van der Waals surface area contributed by atoms with Crippen LogP contribution in [0.2, 0.25) is 0 Å². The van der Waals surface area contributed by atoms with Crippen molar-refractivity contribution in [2.75, 3.05) is 7.11 Å². The van der Waals surface area contributed by atoms with Crippen LogP contribution < -0.4 is 0 Å². The van der Waals surface area contributed by atoms with Crippen molar-refractivity contribution >= 4 is 0 Å². The van der Waals surface area contributed by atoms with E-state index in [9.17, 15) is 13.2 Å². The predicted octanol–water partition coefficient (Wildman–Crippen LogP) is 6.91. The Kier molecular flexibility index (Phi) is 12.5. The topological polar surface area (TPSA) is 38.7 Å². The maximum absolute atomic E-state index is 14.0. The van der Waals surface area contributed by atoms with Crippen LogP contribution in [0.1, 0.15) is 39.2 Å². The van der Waals surface area contributed by atoms with Crippen LogP contribution >= 0.6 is 0 Å². The molecule has 1 N–H and O–H groups in total. The van der Waals surface area contributed by atoms with E-state index in [1.165, 1.54) is 19.2 Å². The Morgan fingerprint density at radius 1 is 1.17 bits per heavy atom. The predicted molar refractivity (Wildman–Crippen MR) is 111 cm³/mol. The normalized spacial score (nSPS) is 13.3. The highest BCUT2D eigenvalue weighted by atomic mass is 19.2. The zero-order valence-electron chi connectivity index (χ0n) is 17.6. The molecular weight excluding hydrogens is 381 g/mol. The van der Waals surface area contributed by atoms with Crippen molar-refractivity contribution in [3.63, 3.8) is 0 Å².